The van der Waals surface area contributed by atoms with Crippen LogP contribution in [-0.4, -0.2) is 43.3 Å². The summed E-state index contributed by atoms with van der Waals surface area (Å²) in [6, 6.07) is 3.75. The van der Waals surface area contributed by atoms with Crippen LogP contribution < -0.4 is 20.3 Å². The Kier molecular flexibility index (Phi) is 6.15. The van der Waals surface area contributed by atoms with E-state index in [9.17, 15) is 22.8 Å². The molecule has 1 aromatic carbocycles. The summed E-state index contributed by atoms with van der Waals surface area (Å²) in [6.07, 6.45) is 0.275. The molecular formula is C22H23F3N4O4. The first-order valence-corrected chi connectivity index (χ1v) is 10.4. The summed E-state index contributed by atoms with van der Waals surface area (Å²) < 4.78 is 49.9. The maximum Gasteiger partial charge on any atom is 0.395 e. The van der Waals surface area contributed by atoms with Crippen LogP contribution in [0.2, 0.25) is 0 Å². The van der Waals surface area contributed by atoms with Gasteiger partial charge in [0.1, 0.15) is 6.54 Å². The van der Waals surface area contributed by atoms with Crippen molar-refractivity contribution in [3.05, 3.63) is 47.4 Å². The second kappa shape index (κ2) is 8.89. The van der Waals surface area contributed by atoms with Crippen molar-refractivity contribution in [3.8, 4) is 5.75 Å². The number of halogens is 3. The van der Waals surface area contributed by atoms with Crippen LogP contribution >= 0.6 is 0 Å². The maximum atomic E-state index is 14.3. The van der Waals surface area contributed by atoms with Crippen molar-refractivity contribution >= 4 is 23.4 Å². The number of hydrogen-bond acceptors (Lipinski definition) is 5. The van der Waals surface area contributed by atoms with Crippen molar-refractivity contribution in [2.45, 2.75) is 37.8 Å². The average molecular weight is 464 g/mol. The summed E-state index contributed by atoms with van der Waals surface area (Å²) in [6.45, 7) is 0.222. The van der Waals surface area contributed by atoms with Crippen LogP contribution in [0.5, 0.6) is 5.75 Å². The van der Waals surface area contributed by atoms with Gasteiger partial charge in [-0.05, 0) is 48.1 Å². The fourth-order valence-corrected chi connectivity index (χ4v) is 3.62. The number of carbonyl (C=O) groups excluding carboxylic acids is 2. The second-order valence-electron chi connectivity index (χ2n) is 8.11. The van der Waals surface area contributed by atoms with Crippen LogP contribution in [0.3, 0.4) is 0 Å². The van der Waals surface area contributed by atoms with Crippen molar-refractivity contribution in [2.75, 3.05) is 30.5 Å². The van der Waals surface area contributed by atoms with Crippen molar-refractivity contribution < 1.29 is 32.2 Å². The van der Waals surface area contributed by atoms with Gasteiger partial charge in [0.05, 0.1) is 18.3 Å². The van der Waals surface area contributed by atoms with E-state index in [1.165, 1.54) is 18.1 Å². The topological polar surface area (TPSA) is 92.8 Å². The molecule has 1 aliphatic heterocycles. The van der Waals surface area contributed by atoms with E-state index in [2.05, 4.69) is 20.4 Å². The molecule has 1 aliphatic carbocycles. The van der Waals surface area contributed by atoms with Crippen LogP contribution in [-0.2, 0) is 9.53 Å². The van der Waals surface area contributed by atoms with E-state index in [1.54, 1.807) is 6.20 Å². The molecule has 2 heterocycles. The number of ether oxygens (including phenoxy) is 2. The Morgan fingerprint density at radius 2 is 2.12 bits per heavy atom. The Labute approximate surface area is 188 Å². The van der Waals surface area contributed by atoms with Gasteiger partial charge in [-0.2, -0.15) is 8.78 Å². The molecule has 2 N–H and O–H groups in total. The van der Waals surface area contributed by atoms with Crippen LogP contribution in [0.1, 0.15) is 42.9 Å². The molecule has 176 valence electrons. The van der Waals surface area contributed by atoms with E-state index in [-0.39, 0.29) is 24.6 Å². The van der Waals surface area contributed by atoms with Crippen molar-refractivity contribution in [3.63, 3.8) is 0 Å². The smallest absolute Gasteiger partial charge is 0.395 e. The molecule has 1 atom stereocenters. The number of methoxy groups -OCH3 is 1. The van der Waals surface area contributed by atoms with E-state index in [4.69, 9.17) is 4.74 Å². The van der Waals surface area contributed by atoms with Gasteiger partial charge >= 0.3 is 12.1 Å². The first-order chi connectivity index (χ1) is 15.6. The van der Waals surface area contributed by atoms with Crippen molar-refractivity contribution in [1.29, 1.82) is 0 Å². The summed E-state index contributed by atoms with van der Waals surface area (Å²) in [5, 5.41) is 5.43. The molecule has 3 amide bonds. The number of benzene rings is 1. The van der Waals surface area contributed by atoms with E-state index >= 15 is 0 Å². The lowest BCUT2D eigenvalue weighted by molar-refractivity contribution is -0.160. The fourth-order valence-electron chi connectivity index (χ4n) is 3.62. The molecule has 1 unspecified atom stereocenters. The predicted molar refractivity (Wildman–Crippen MR) is 113 cm³/mol. The first-order valence-electron chi connectivity index (χ1n) is 10.4. The summed E-state index contributed by atoms with van der Waals surface area (Å²) in [7, 11) is 1.40. The number of aromatic nitrogens is 1. The van der Waals surface area contributed by atoms with Gasteiger partial charge in [-0.25, -0.2) is 14.2 Å². The predicted octanol–water partition coefficient (Wildman–Crippen LogP) is 3.95. The Hall–Kier alpha value is -3.34. The quantitative estimate of drug-likeness (QED) is 0.648. The molecule has 0 radical (unpaired) electrons. The van der Waals surface area contributed by atoms with Crippen LogP contribution in [0.25, 0.3) is 0 Å². The largest absolute Gasteiger partial charge is 0.430 e. The number of urea groups is 1. The number of nitrogens with one attached hydrogen (secondary N) is 2. The van der Waals surface area contributed by atoms with Gasteiger partial charge < -0.3 is 20.1 Å². The zero-order chi connectivity index (χ0) is 23.8. The van der Waals surface area contributed by atoms with Gasteiger partial charge in [0.15, 0.2) is 17.4 Å². The molecule has 2 aromatic rings. The van der Waals surface area contributed by atoms with E-state index in [0.717, 1.165) is 30.5 Å². The van der Waals surface area contributed by atoms with Gasteiger partial charge in [-0.15, -0.1) is 0 Å². The molecular weight excluding hydrogens is 441 g/mol. The Morgan fingerprint density at radius 1 is 1.36 bits per heavy atom. The fraction of sp³-hybridized carbons (Fsp3) is 0.409. The Bertz CT molecular complexity index is 1070. The first kappa shape index (κ1) is 22.8. The number of rotatable bonds is 7. The monoisotopic (exact) mass is 464 g/mol. The van der Waals surface area contributed by atoms with Gasteiger partial charge in [0.2, 0.25) is 5.91 Å². The summed E-state index contributed by atoms with van der Waals surface area (Å²) >= 11 is 0. The lowest BCUT2D eigenvalue weighted by Crippen LogP contribution is -2.49. The zero-order valence-electron chi connectivity index (χ0n) is 18.0. The maximum absolute atomic E-state index is 14.3. The Morgan fingerprint density at radius 3 is 2.76 bits per heavy atom. The highest BCUT2D eigenvalue weighted by Gasteiger charge is 2.32. The molecule has 0 saturated heterocycles. The zero-order valence-corrected chi connectivity index (χ0v) is 18.0. The third kappa shape index (κ3) is 5.36. The summed E-state index contributed by atoms with van der Waals surface area (Å²) in [5.41, 5.74) is 1.72. The van der Waals surface area contributed by atoms with E-state index in [1.807, 2.05) is 6.07 Å². The summed E-state index contributed by atoms with van der Waals surface area (Å²) in [4.78, 5) is 30.8. The lowest BCUT2D eigenvalue weighted by Gasteiger charge is -2.30. The normalized spacial score (nSPS) is 16.6. The minimum absolute atomic E-state index is 0.0315. The number of hydrogen-bond donors (Lipinski definition) is 2. The highest BCUT2D eigenvalue weighted by molar-refractivity contribution is 6.08. The van der Waals surface area contributed by atoms with Crippen LogP contribution in [0.4, 0.5) is 29.5 Å². The molecule has 11 heteroatoms. The van der Waals surface area contributed by atoms with Gasteiger partial charge in [-0.1, -0.05) is 6.07 Å². The number of anilines is 2. The highest BCUT2D eigenvalue weighted by Crippen LogP contribution is 2.42. The van der Waals surface area contributed by atoms with Gasteiger partial charge in [0, 0.05) is 20.2 Å². The second-order valence-corrected chi connectivity index (χ2v) is 8.11. The molecule has 8 nitrogen and oxygen atoms in total. The lowest BCUT2D eigenvalue weighted by atomic mass is 10.1. The number of pyridine rings is 1. The molecule has 33 heavy (non-hydrogen) atoms. The van der Waals surface area contributed by atoms with Crippen LogP contribution in [0, 0.1) is 5.82 Å². The molecule has 1 aromatic heterocycles. The van der Waals surface area contributed by atoms with E-state index < -0.39 is 29.7 Å². The highest BCUT2D eigenvalue weighted by atomic mass is 19.3. The number of carbonyl (C=O) groups is 2. The Balaban J connectivity index is 1.54. The minimum atomic E-state index is -3.54. The molecule has 1 fully saturated rings. The SMILES string of the molecule is COCC(NC(=O)N1CC(=O)Nc2cc(C3CC3)cnc21)c1ccc(OC(C)(F)F)c(F)c1. The average Bonchev–Trinajstić information content (AvgIpc) is 3.58. The summed E-state index contributed by atoms with van der Waals surface area (Å²) in [5.74, 6) is -1.28. The van der Waals surface area contributed by atoms with Crippen LogP contribution in [0.15, 0.2) is 30.5 Å². The van der Waals surface area contributed by atoms with Crippen molar-refractivity contribution in [1.82, 2.24) is 10.3 Å². The molecule has 0 bridgehead atoms. The third-order valence-corrected chi connectivity index (χ3v) is 5.29. The minimum Gasteiger partial charge on any atom is -0.430 e. The molecule has 4 rings (SSSR count). The van der Waals surface area contributed by atoms with E-state index in [0.29, 0.717) is 24.3 Å². The number of alkyl halides is 2. The number of fused-ring (bicyclic) bond motifs is 1. The van der Waals surface area contributed by atoms with Crippen molar-refractivity contribution in [2.24, 2.45) is 0 Å². The molecule has 1 saturated carbocycles. The van der Waals surface area contributed by atoms with Gasteiger partial charge in [-0.3, -0.25) is 9.69 Å². The molecule has 0 spiro atoms. The third-order valence-electron chi connectivity index (χ3n) is 5.29. The number of amides is 3. The number of nitrogens with zero attached hydrogens (tertiary/aromatic N) is 2. The standard InChI is InChI=1S/C22H23F3N4O4/c1-22(24,25)33-18-6-5-13(7-15(18)23)17(11-32-2)28-21(31)29-10-19(30)27-16-8-14(12-3-4-12)9-26-20(16)29/h5-9,12,17H,3-4,10-11H2,1-2H3,(H,27,30)(H,28,31). The molecule has 2 aliphatic rings. The van der Waals surface area contributed by atoms with Gasteiger partial charge in [0.25, 0.3) is 0 Å².